The number of carbonyl (C=O) groups is 2. The SMILES string of the molecule is C[C@@H](N1CCN(c2ccc(-n3cnnn3)cc2)C1=O)[C@@](O)(Cn1c[n+](COC(=O)C(C)(C)C)cn1)c1ccc(F)cc1F.[Cl-]. The van der Waals surface area contributed by atoms with E-state index in [1.807, 2.05) is 0 Å². The molecule has 0 bridgehead atoms. The monoisotopic (exact) mass is 631 g/mol. The minimum absolute atomic E-state index is 0. The lowest BCUT2D eigenvalue weighted by Gasteiger charge is -2.38. The highest BCUT2D eigenvalue weighted by molar-refractivity contribution is 5.94. The molecular weight excluding hydrogens is 600 g/mol. The molecule has 4 aromatic rings. The van der Waals surface area contributed by atoms with Crippen LogP contribution in [0, 0.1) is 17.0 Å². The van der Waals surface area contributed by atoms with Gasteiger partial charge in [-0.25, -0.2) is 22.8 Å². The van der Waals surface area contributed by atoms with Crippen LogP contribution in [0.3, 0.4) is 0 Å². The Bertz CT molecular complexity index is 1610. The third-order valence-electron chi connectivity index (χ3n) is 7.36. The van der Waals surface area contributed by atoms with E-state index < -0.39 is 40.7 Å². The molecule has 44 heavy (non-hydrogen) atoms. The Morgan fingerprint density at radius 3 is 2.45 bits per heavy atom. The van der Waals surface area contributed by atoms with Gasteiger partial charge in [0.05, 0.1) is 17.1 Å². The summed E-state index contributed by atoms with van der Waals surface area (Å²) in [7, 11) is 0. The van der Waals surface area contributed by atoms with Gasteiger partial charge in [0.15, 0.2) is 0 Å². The molecule has 1 N–H and O–H groups in total. The van der Waals surface area contributed by atoms with Gasteiger partial charge in [-0.3, -0.25) is 9.69 Å². The molecule has 0 unspecified atom stereocenters. The number of urea groups is 1. The van der Waals surface area contributed by atoms with Crippen LogP contribution < -0.4 is 21.9 Å². The van der Waals surface area contributed by atoms with Crippen molar-refractivity contribution in [2.75, 3.05) is 18.0 Å². The fourth-order valence-corrected chi connectivity index (χ4v) is 4.87. The molecule has 13 nitrogen and oxygen atoms in total. The van der Waals surface area contributed by atoms with E-state index >= 15 is 4.39 Å². The van der Waals surface area contributed by atoms with Crippen LogP contribution in [0.25, 0.3) is 5.69 Å². The first kappa shape index (κ1) is 32.4. The highest BCUT2D eigenvalue weighted by Gasteiger charge is 2.47. The number of ether oxygens (including phenoxy) is 1. The molecule has 2 atom stereocenters. The van der Waals surface area contributed by atoms with E-state index in [0.717, 1.165) is 6.07 Å². The summed E-state index contributed by atoms with van der Waals surface area (Å²) in [4.78, 5) is 28.8. The van der Waals surface area contributed by atoms with Crippen LogP contribution in [0.1, 0.15) is 33.3 Å². The number of anilines is 1. The number of aliphatic hydroxyl groups is 1. The first-order valence-electron chi connectivity index (χ1n) is 13.5. The van der Waals surface area contributed by atoms with Gasteiger partial charge < -0.3 is 27.2 Å². The van der Waals surface area contributed by atoms with E-state index in [9.17, 15) is 19.1 Å². The summed E-state index contributed by atoms with van der Waals surface area (Å²) in [5.41, 5.74) is -1.60. The van der Waals surface area contributed by atoms with Crippen molar-refractivity contribution >= 4 is 17.7 Å². The Hall–Kier alpha value is -4.50. The molecule has 1 fully saturated rings. The van der Waals surface area contributed by atoms with Crippen molar-refractivity contribution in [2.45, 2.75) is 52.6 Å². The van der Waals surface area contributed by atoms with E-state index in [0.29, 0.717) is 24.0 Å². The van der Waals surface area contributed by atoms with Crippen LogP contribution in [-0.4, -0.2) is 71.1 Å². The lowest BCUT2D eigenvalue weighted by Crippen LogP contribution is -3.00. The third-order valence-corrected chi connectivity index (χ3v) is 7.36. The largest absolute Gasteiger partial charge is 1.00 e. The Morgan fingerprint density at radius 1 is 1.11 bits per heavy atom. The Labute approximate surface area is 258 Å². The quantitative estimate of drug-likeness (QED) is 0.187. The van der Waals surface area contributed by atoms with Gasteiger partial charge in [0.1, 0.15) is 30.1 Å². The number of tetrazole rings is 1. The standard InChI is InChI=1S/C28H32F2N9O4.ClH/c1-19(37-11-12-38(26(37)41)21-6-8-22(9-7-21)39-15-31-33-34-39)28(42,23-10-5-20(29)13-24(23)30)14-36-17-35(16-32-36)18-43-25(40)27(2,3)4;/h5-10,13,15-17,19,42H,11-12,14,18H2,1-4H3;1H/q+1;/p-1/t19-,28+;/m1./s1. The first-order chi connectivity index (χ1) is 20.4. The number of halogens is 3. The van der Waals surface area contributed by atoms with E-state index in [2.05, 4.69) is 20.6 Å². The van der Waals surface area contributed by atoms with E-state index in [1.54, 1.807) is 56.9 Å². The van der Waals surface area contributed by atoms with Crippen LogP contribution in [0.5, 0.6) is 0 Å². The number of hydrogen-bond acceptors (Lipinski definition) is 8. The molecule has 234 valence electrons. The second-order valence-corrected chi connectivity index (χ2v) is 11.4. The summed E-state index contributed by atoms with van der Waals surface area (Å²) in [6, 6.07) is 8.58. The van der Waals surface area contributed by atoms with Crippen LogP contribution in [-0.2, 0) is 28.4 Å². The molecule has 1 aliphatic rings. The molecule has 2 amide bonds. The van der Waals surface area contributed by atoms with Gasteiger partial charge in [-0.1, -0.05) is 6.07 Å². The number of nitrogens with zero attached hydrogens (tertiary/aromatic N) is 9. The topological polar surface area (TPSA) is 135 Å². The van der Waals surface area contributed by atoms with Crippen molar-refractivity contribution < 1.29 is 45.2 Å². The number of hydrogen-bond donors (Lipinski definition) is 1. The molecule has 0 spiro atoms. The van der Waals surface area contributed by atoms with E-state index in [-0.39, 0.29) is 37.8 Å². The maximum Gasteiger partial charge on any atom is 0.324 e. The van der Waals surface area contributed by atoms with Crippen molar-refractivity contribution in [1.29, 1.82) is 0 Å². The second kappa shape index (κ2) is 12.6. The molecule has 16 heteroatoms. The zero-order chi connectivity index (χ0) is 30.9. The smallest absolute Gasteiger partial charge is 0.324 e. The molecule has 2 aromatic heterocycles. The van der Waals surface area contributed by atoms with Gasteiger partial charge in [0, 0.05) is 35.5 Å². The van der Waals surface area contributed by atoms with Crippen LogP contribution >= 0.6 is 0 Å². The third kappa shape index (κ3) is 6.53. The van der Waals surface area contributed by atoms with Crippen LogP contribution in [0.4, 0.5) is 19.3 Å². The number of amides is 2. The molecule has 2 aromatic carbocycles. The lowest BCUT2D eigenvalue weighted by molar-refractivity contribution is -0.728. The predicted molar refractivity (Wildman–Crippen MR) is 146 cm³/mol. The molecule has 0 aliphatic carbocycles. The van der Waals surface area contributed by atoms with E-state index in [1.165, 1.54) is 43.9 Å². The normalized spacial score (nSPS) is 15.6. The molecule has 3 heterocycles. The highest BCUT2D eigenvalue weighted by Crippen LogP contribution is 2.35. The highest BCUT2D eigenvalue weighted by atomic mass is 35.5. The fourth-order valence-electron chi connectivity index (χ4n) is 4.87. The fraction of sp³-hybridized carbons (Fsp3) is 0.393. The Balaban J connectivity index is 0.00000442. The maximum absolute atomic E-state index is 15.2. The number of rotatable bonds is 9. The summed E-state index contributed by atoms with van der Waals surface area (Å²) in [6.45, 7) is 6.94. The molecule has 0 radical (unpaired) electrons. The van der Waals surface area contributed by atoms with Gasteiger partial charge in [0.25, 0.3) is 6.33 Å². The zero-order valence-corrected chi connectivity index (χ0v) is 25.3. The van der Waals surface area contributed by atoms with Gasteiger partial charge in [-0.2, -0.15) is 0 Å². The minimum Gasteiger partial charge on any atom is -1.00 e. The first-order valence-corrected chi connectivity index (χ1v) is 13.5. The Kier molecular flexibility index (Phi) is 9.30. The van der Waals surface area contributed by atoms with Crippen molar-refractivity contribution in [3.05, 3.63) is 78.6 Å². The van der Waals surface area contributed by atoms with Crippen molar-refractivity contribution in [3.63, 3.8) is 0 Å². The number of esters is 1. The van der Waals surface area contributed by atoms with Crippen molar-refractivity contribution in [3.8, 4) is 5.69 Å². The maximum atomic E-state index is 15.2. The molecule has 1 aliphatic heterocycles. The summed E-state index contributed by atoms with van der Waals surface area (Å²) < 4.78 is 38.7. The zero-order valence-electron chi connectivity index (χ0n) is 24.5. The molecule has 5 rings (SSSR count). The number of aromatic nitrogens is 7. The van der Waals surface area contributed by atoms with Crippen LogP contribution in [0.15, 0.2) is 61.4 Å². The number of carbonyl (C=O) groups excluding carboxylic acids is 2. The molecule has 1 saturated heterocycles. The summed E-state index contributed by atoms with van der Waals surface area (Å²) in [5.74, 6) is -2.18. The minimum atomic E-state index is -2.03. The summed E-state index contributed by atoms with van der Waals surface area (Å²) in [5, 5.41) is 27.5. The van der Waals surface area contributed by atoms with Crippen molar-refractivity contribution in [1.82, 2.24) is 34.9 Å². The Morgan fingerprint density at radius 2 is 1.82 bits per heavy atom. The van der Waals surface area contributed by atoms with Gasteiger partial charge >= 0.3 is 12.0 Å². The predicted octanol–water partition coefficient (Wildman–Crippen LogP) is -0.806. The van der Waals surface area contributed by atoms with Crippen LogP contribution in [0.2, 0.25) is 0 Å². The van der Waals surface area contributed by atoms with Crippen molar-refractivity contribution in [2.24, 2.45) is 5.41 Å². The molecule has 0 saturated carbocycles. The van der Waals surface area contributed by atoms with Gasteiger partial charge in [-0.05, 0) is 68.5 Å². The second-order valence-electron chi connectivity index (χ2n) is 11.4. The lowest BCUT2D eigenvalue weighted by atomic mass is 9.85. The van der Waals surface area contributed by atoms with Gasteiger partial charge in [0.2, 0.25) is 13.1 Å². The van der Waals surface area contributed by atoms with Gasteiger partial charge in [-0.15, -0.1) is 9.78 Å². The number of benzene rings is 2. The average molecular weight is 632 g/mol. The summed E-state index contributed by atoms with van der Waals surface area (Å²) in [6.07, 6.45) is 4.33. The average Bonchev–Trinajstić information content (AvgIpc) is 3.73. The van der Waals surface area contributed by atoms with E-state index in [4.69, 9.17) is 4.74 Å². The molecular formula is C28H32ClF2N9O4. The summed E-state index contributed by atoms with van der Waals surface area (Å²) >= 11 is 0.